The zero-order chi connectivity index (χ0) is 13.5. The minimum absolute atomic E-state index is 0.170. The SMILES string of the molecule is CCCOc1cccc(C(N)C2CCCCCC2)c1. The van der Waals surface area contributed by atoms with Crippen LogP contribution in [0.5, 0.6) is 5.75 Å². The first-order valence-corrected chi connectivity index (χ1v) is 7.79. The molecule has 1 aliphatic carbocycles. The van der Waals surface area contributed by atoms with Gasteiger partial charge in [0, 0.05) is 6.04 Å². The summed E-state index contributed by atoms with van der Waals surface area (Å²) < 4.78 is 5.70. The van der Waals surface area contributed by atoms with Crippen LogP contribution in [0.25, 0.3) is 0 Å². The van der Waals surface area contributed by atoms with Crippen molar-refractivity contribution in [2.75, 3.05) is 6.61 Å². The van der Waals surface area contributed by atoms with Gasteiger partial charge in [-0.2, -0.15) is 0 Å². The molecule has 1 fully saturated rings. The number of ether oxygens (including phenoxy) is 1. The highest BCUT2D eigenvalue weighted by atomic mass is 16.5. The number of nitrogens with two attached hydrogens (primary N) is 1. The van der Waals surface area contributed by atoms with E-state index in [9.17, 15) is 0 Å². The average Bonchev–Trinajstić information content (AvgIpc) is 2.73. The molecule has 2 rings (SSSR count). The molecule has 2 nitrogen and oxygen atoms in total. The van der Waals surface area contributed by atoms with Gasteiger partial charge in [0.15, 0.2) is 0 Å². The van der Waals surface area contributed by atoms with Crippen molar-refractivity contribution in [1.82, 2.24) is 0 Å². The molecule has 0 spiro atoms. The lowest BCUT2D eigenvalue weighted by molar-refractivity contribution is 0.315. The maximum atomic E-state index is 6.48. The van der Waals surface area contributed by atoms with E-state index >= 15 is 0 Å². The van der Waals surface area contributed by atoms with Crippen LogP contribution in [-0.4, -0.2) is 6.61 Å². The molecule has 0 saturated heterocycles. The van der Waals surface area contributed by atoms with Gasteiger partial charge in [-0.15, -0.1) is 0 Å². The molecule has 0 radical (unpaired) electrons. The molecular formula is C17H27NO. The van der Waals surface area contributed by atoms with Gasteiger partial charge in [-0.05, 0) is 42.9 Å². The number of benzene rings is 1. The molecule has 0 heterocycles. The van der Waals surface area contributed by atoms with Crippen molar-refractivity contribution < 1.29 is 4.74 Å². The molecule has 19 heavy (non-hydrogen) atoms. The second-order valence-electron chi connectivity index (χ2n) is 5.70. The van der Waals surface area contributed by atoms with Crippen LogP contribution in [0.1, 0.15) is 63.5 Å². The minimum atomic E-state index is 0.170. The first-order valence-electron chi connectivity index (χ1n) is 7.79. The van der Waals surface area contributed by atoms with Crippen molar-refractivity contribution in [3.63, 3.8) is 0 Å². The van der Waals surface area contributed by atoms with Crippen LogP contribution in [0.4, 0.5) is 0 Å². The third-order valence-corrected chi connectivity index (χ3v) is 4.12. The Labute approximate surface area is 117 Å². The van der Waals surface area contributed by atoms with Crippen LogP contribution in [0.2, 0.25) is 0 Å². The average molecular weight is 261 g/mol. The molecule has 2 heteroatoms. The maximum Gasteiger partial charge on any atom is 0.119 e. The van der Waals surface area contributed by atoms with Crippen LogP contribution in [0.15, 0.2) is 24.3 Å². The molecular weight excluding hydrogens is 234 g/mol. The Balaban J connectivity index is 2.02. The van der Waals surface area contributed by atoms with Gasteiger partial charge in [-0.3, -0.25) is 0 Å². The van der Waals surface area contributed by atoms with Crippen molar-refractivity contribution >= 4 is 0 Å². The summed E-state index contributed by atoms with van der Waals surface area (Å²) in [5.74, 6) is 1.60. The lowest BCUT2D eigenvalue weighted by Gasteiger charge is -2.23. The Hall–Kier alpha value is -1.02. The third kappa shape index (κ3) is 4.24. The zero-order valence-electron chi connectivity index (χ0n) is 12.1. The predicted molar refractivity (Wildman–Crippen MR) is 80.3 cm³/mol. The van der Waals surface area contributed by atoms with Gasteiger partial charge >= 0.3 is 0 Å². The second kappa shape index (κ2) is 7.54. The van der Waals surface area contributed by atoms with Crippen LogP contribution >= 0.6 is 0 Å². The number of hydrogen-bond acceptors (Lipinski definition) is 2. The normalized spacial score (nSPS) is 18.8. The fraction of sp³-hybridized carbons (Fsp3) is 0.647. The van der Waals surface area contributed by atoms with Gasteiger partial charge in [-0.25, -0.2) is 0 Å². The Kier molecular flexibility index (Phi) is 5.71. The lowest BCUT2D eigenvalue weighted by Crippen LogP contribution is -2.21. The Morgan fingerprint density at radius 1 is 1.21 bits per heavy atom. The van der Waals surface area contributed by atoms with Gasteiger partial charge < -0.3 is 10.5 Å². The van der Waals surface area contributed by atoms with E-state index < -0.39 is 0 Å². The highest BCUT2D eigenvalue weighted by Gasteiger charge is 2.21. The van der Waals surface area contributed by atoms with Crippen LogP contribution in [0, 0.1) is 5.92 Å². The second-order valence-corrected chi connectivity index (χ2v) is 5.70. The van der Waals surface area contributed by atoms with E-state index in [1.165, 1.54) is 44.1 Å². The van der Waals surface area contributed by atoms with Crippen LogP contribution in [-0.2, 0) is 0 Å². The van der Waals surface area contributed by atoms with Gasteiger partial charge in [-0.1, -0.05) is 44.7 Å². The lowest BCUT2D eigenvalue weighted by atomic mass is 9.88. The van der Waals surface area contributed by atoms with Gasteiger partial charge in [0.2, 0.25) is 0 Å². The summed E-state index contributed by atoms with van der Waals surface area (Å²) in [5.41, 5.74) is 7.72. The van der Waals surface area contributed by atoms with E-state index in [1.807, 2.05) is 6.07 Å². The van der Waals surface area contributed by atoms with Crippen LogP contribution in [0.3, 0.4) is 0 Å². The summed E-state index contributed by atoms with van der Waals surface area (Å²) in [6.45, 7) is 2.91. The summed E-state index contributed by atoms with van der Waals surface area (Å²) in [4.78, 5) is 0. The Bertz CT molecular complexity index is 369. The molecule has 106 valence electrons. The van der Waals surface area contributed by atoms with E-state index in [-0.39, 0.29) is 6.04 Å². The number of hydrogen-bond donors (Lipinski definition) is 1. The highest BCUT2D eigenvalue weighted by molar-refractivity contribution is 5.30. The molecule has 0 bridgehead atoms. The van der Waals surface area contributed by atoms with Gasteiger partial charge in [0.25, 0.3) is 0 Å². The van der Waals surface area contributed by atoms with Crippen molar-refractivity contribution in [2.24, 2.45) is 11.7 Å². The van der Waals surface area contributed by atoms with E-state index in [0.29, 0.717) is 5.92 Å². The first kappa shape index (κ1) is 14.4. The van der Waals surface area contributed by atoms with Crippen LogP contribution < -0.4 is 10.5 Å². The molecule has 1 atom stereocenters. The quantitative estimate of drug-likeness (QED) is 0.795. The molecule has 1 aliphatic rings. The molecule has 1 unspecified atom stereocenters. The minimum Gasteiger partial charge on any atom is -0.494 e. The van der Waals surface area contributed by atoms with E-state index in [1.54, 1.807) is 0 Å². The molecule has 0 amide bonds. The molecule has 1 aromatic carbocycles. The Morgan fingerprint density at radius 2 is 1.95 bits per heavy atom. The third-order valence-electron chi connectivity index (χ3n) is 4.12. The van der Waals surface area contributed by atoms with E-state index in [0.717, 1.165) is 18.8 Å². The molecule has 0 aromatic heterocycles. The maximum absolute atomic E-state index is 6.48. The predicted octanol–water partition coefficient (Wildman–Crippen LogP) is 4.45. The topological polar surface area (TPSA) is 35.2 Å². The van der Waals surface area contributed by atoms with E-state index in [2.05, 4.69) is 25.1 Å². The van der Waals surface area contributed by atoms with Crippen molar-refractivity contribution in [3.05, 3.63) is 29.8 Å². The van der Waals surface area contributed by atoms with Gasteiger partial charge in [0.1, 0.15) is 5.75 Å². The van der Waals surface area contributed by atoms with Crippen molar-refractivity contribution in [3.8, 4) is 5.75 Å². The monoisotopic (exact) mass is 261 g/mol. The first-order chi connectivity index (χ1) is 9.31. The highest BCUT2D eigenvalue weighted by Crippen LogP contribution is 2.33. The molecule has 2 N–H and O–H groups in total. The summed E-state index contributed by atoms with van der Waals surface area (Å²) in [6.07, 6.45) is 9.03. The standard InChI is InChI=1S/C17H27NO/c1-2-12-19-16-11-7-10-15(13-16)17(18)14-8-5-3-4-6-9-14/h7,10-11,13-14,17H,2-6,8-9,12,18H2,1H3. The van der Waals surface area contributed by atoms with Gasteiger partial charge in [0.05, 0.1) is 6.61 Å². The summed E-state index contributed by atoms with van der Waals surface area (Å²) in [7, 11) is 0. The fourth-order valence-corrected chi connectivity index (χ4v) is 2.97. The zero-order valence-corrected chi connectivity index (χ0v) is 12.1. The van der Waals surface area contributed by atoms with E-state index in [4.69, 9.17) is 10.5 Å². The summed E-state index contributed by atoms with van der Waals surface area (Å²) in [6, 6.07) is 8.54. The Morgan fingerprint density at radius 3 is 2.63 bits per heavy atom. The molecule has 0 aliphatic heterocycles. The van der Waals surface area contributed by atoms with Crippen molar-refractivity contribution in [2.45, 2.75) is 57.9 Å². The number of rotatable bonds is 5. The summed E-state index contributed by atoms with van der Waals surface area (Å²) in [5, 5.41) is 0. The molecule has 1 saturated carbocycles. The smallest absolute Gasteiger partial charge is 0.119 e. The molecule has 1 aromatic rings. The van der Waals surface area contributed by atoms with Crippen molar-refractivity contribution in [1.29, 1.82) is 0 Å². The fourth-order valence-electron chi connectivity index (χ4n) is 2.97. The largest absolute Gasteiger partial charge is 0.494 e. The summed E-state index contributed by atoms with van der Waals surface area (Å²) >= 11 is 0.